The van der Waals surface area contributed by atoms with Crippen LogP contribution in [-0.2, 0) is 11.3 Å². The van der Waals surface area contributed by atoms with Gasteiger partial charge in [0.25, 0.3) is 0 Å². The van der Waals surface area contributed by atoms with Crippen LogP contribution < -0.4 is 11.1 Å². The van der Waals surface area contributed by atoms with Gasteiger partial charge in [-0.2, -0.15) is 0 Å². The van der Waals surface area contributed by atoms with Gasteiger partial charge in [0.2, 0.25) is 5.91 Å². The summed E-state index contributed by atoms with van der Waals surface area (Å²) in [4.78, 5) is 13.9. The van der Waals surface area contributed by atoms with E-state index < -0.39 is 0 Å². The molecule has 3 N–H and O–H groups in total. The number of hydrogen-bond acceptors (Lipinski definition) is 3. The van der Waals surface area contributed by atoms with Gasteiger partial charge in [-0.05, 0) is 24.5 Å². The molecule has 1 aliphatic rings. The first kappa shape index (κ1) is 15.1. The Morgan fingerprint density at radius 2 is 2.20 bits per heavy atom. The number of amides is 1. The molecule has 20 heavy (non-hydrogen) atoms. The zero-order valence-electron chi connectivity index (χ0n) is 11.8. The minimum Gasteiger partial charge on any atom is -0.351 e. The van der Waals surface area contributed by atoms with Crippen LogP contribution >= 0.6 is 11.3 Å². The standard InChI is InChI=1S/C16H22N2OS/c17-11-3-6-14-8-9-15(20-14)12-18-16(19)10-7-13-4-1-2-5-13/h8-9,13H,1-2,4-5,7,10-12,17H2,(H,18,19). The Kier molecular flexibility index (Phi) is 6.10. The molecular weight excluding hydrogens is 268 g/mol. The van der Waals surface area contributed by atoms with E-state index in [9.17, 15) is 4.79 Å². The quantitative estimate of drug-likeness (QED) is 0.819. The van der Waals surface area contributed by atoms with Crippen LogP contribution in [0.4, 0.5) is 0 Å². The number of carbonyl (C=O) groups excluding carboxylic acids is 1. The summed E-state index contributed by atoms with van der Waals surface area (Å²) in [6.07, 6.45) is 7.00. The average molecular weight is 290 g/mol. The second-order valence-electron chi connectivity index (χ2n) is 5.24. The predicted molar refractivity (Wildman–Crippen MR) is 83.3 cm³/mol. The highest BCUT2D eigenvalue weighted by Gasteiger charge is 2.15. The van der Waals surface area contributed by atoms with Crippen LogP contribution in [0.15, 0.2) is 12.1 Å². The van der Waals surface area contributed by atoms with Gasteiger partial charge in [-0.25, -0.2) is 0 Å². The lowest BCUT2D eigenvalue weighted by atomic mass is 10.0. The molecule has 0 aliphatic heterocycles. The number of nitrogens with one attached hydrogen (secondary N) is 1. The summed E-state index contributed by atoms with van der Waals surface area (Å²) in [6.45, 7) is 0.990. The summed E-state index contributed by atoms with van der Waals surface area (Å²) in [5.41, 5.74) is 5.34. The van der Waals surface area contributed by atoms with Crippen LogP contribution in [-0.4, -0.2) is 12.5 Å². The monoisotopic (exact) mass is 290 g/mol. The van der Waals surface area contributed by atoms with Crippen molar-refractivity contribution in [2.75, 3.05) is 6.54 Å². The maximum atomic E-state index is 11.8. The lowest BCUT2D eigenvalue weighted by Gasteiger charge is -2.08. The fraction of sp³-hybridized carbons (Fsp3) is 0.562. The molecular formula is C16H22N2OS. The van der Waals surface area contributed by atoms with E-state index in [1.54, 1.807) is 11.3 Å². The molecule has 0 saturated heterocycles. The Morgan fingerprint density at radius 3 is 2.95 bits per heavy atom. The minimum absolute atomic E-state index is 0.167. The van der Waals surface area contributed by atoms with E-state index in [0.717, 1.165) is 22.1 Å². The van der Waals surface area contributed by atoms with E-state index in [4.69, 9.17) is 5.73 Å². The van der Waals surface area contributed by atoms with Crippen LogP contribution in [0.2, 0.25) is 0 Å². The van der Waals surface area contributed by atoms with Crippen LogP contribution in [0.3, 0.4) is 0 Å². The fourth-order valence-electron chi connectivity index (χ4n) is 2.59. The smallest absolute Gasteiger partial charge is 0.220 e. The van der Waals surface area contributed by atoms with Crippen molar-refractivity contribution in [1.29, 1.82) is 0 Å². The number of carbonyl (C=O) groups is 1. The third kappa shape index (κ3) is 4.99. The van der Waals surface area contributed by atoms with Gasteiger partial charge >= 0.3 is 0 Å². The van der Waals surface area contributed by atoms with E-state index in [0.29, 0.717) is 19.5 Å². The second kappa shape index (κ2) is 8.08. The van der Waals surface area contributed by atoms with Crippen LogP contribution in [0.25, 0.3) is 0 Å². The Morgan fingerprint density at radius 1 is 1.40 bits per heavy atom. The van der Waals surface area contributed by atoms with Gasteiger partial charge in [0, 0.05) is 11.3 Å². The summed E-state index contributed by atoms with van der Waals surface area (Å²) < 4.78 is 0. The first-order valence-electron chi connectivity index (χ1n) is 7.32. The van der Waals surface area contributed by atoms with Gasteiger partial charge in [0.1, 0.15) is 0 Å². The lowest BCUT2D eigenvalue weighted by Crippen LogP contribution is -2.22. The van der Waals surface area contributed by atoms with Gasteiger partial charge in [-0.1, -0.05) is 37.5 Å². The van der Waals surface area contributed by atoms with E-state index in [-0.39, 0.29) is 5.91 Å². The van der Waals surface area contributed by atoms with Gasteiger partial charge < -0.3 is 11.1 Å². The largest absolute Gasteiger partial charge is 0.351 e. The van der Waals surface area contributed by atoms with Crippen molar-refractivity contribution in [2.45, 2.75) is 45.1 Å². The molecule has 3 nitrogen and oxygen atoms in total. The van der Waals surface area contributed by atoms with Crippen LogP contribution in [0.1, 0.15) is 48.3 Å². The molecule has 0 unspecified atom stereocenters. The molecule has 1 aromatic heterocycles. The second-order valence-corrected chi connectivity index (χ2v) is 6.41. The molecule has 2 rings (SSSR count). The van der Waals surface area contributed by atoms with Gasteiger partial charge in [0.15, 0.2) is 0 Å². The van der Waals surface area contributed by atoms with Gasteiger partial charge in [-0.15, -0.1) is 11.3 Å². The molecule has 0 spiro atoms. The normalized spacial score (nSPS) is 14.8. The molecule has 1 amide bonds. The van der Waals surface area contributed by atoms with Gasteiger partial charge in [-0.3, -0.25) is 4.79 Å². The maximum absolute atomic E-state index is 11.8. The highest BCUT2D eigenvalue weighted by molar-refractivity contribution is 7.12. The average Bonchev–Trinajstić information content (AvgIpc) is 3.12. The van der Waals surface area contributed by atoms with Gasteiger partial charge in [0.05, 0.1) is 18.0 Å². The molecule has 1 aromatic rings. The molecule has 0 bridgehead atoms. The van der Waals surface area contributed by atoms with Crippen molar-refractivity contribution >= 4 is 17.2 Å². The zero-order valence-corrected chi connectivity index (χ0v) is 12.6. The molecule has 0 radical (unpaired) electrons. The lowest BCUT2D eigenvalue weighted by molar-refractivity contribution is -0.121. The first-order chi connectivity index (χ1) is 9.78. The van der Waals surface area contributed by atoms with Crippen molar-refractivity contribution in [2.24, 2.45) is 11.7 Å². The number of thiophene rings is 1. The Labute approximate surface area is 124 Å². The third-order valence-electron chi connectivity index (χ3n) is 3.69. The summed E-state index contributed by atoms with van der Waals surface area (Å²) in [5.74, 6) is 6.79. The summed E-state index contributed by atoms with van der Waals surface area (Å²) in [6, 6.07) is 4.00. The Balaban J connectivity index is 1.68. The molecule has 1 saturated carbocycles. The molecule has 108 valence electrons. The van der Waals surface area contributed by atoms with Crippen molar-refractivity contribution in [3.8, 4) is 11.8 Å². The first-order valence-corrected chi connectivity index (χ1v) is 8.14. The predicted octanol–water partition coefficient (Wildman–Crippen LogP) is 2.64. The minimum atomic E-state index is 0.167. The fourth-order valence-corrected chi connectivity index (χ4v) is 3.41. The molecule has 0 atom stereocenters. The zero-order chi connectivity index (χ0) is 14.2. The molecule has 1 fully saturated rings. The number of rotatable bonds is 5. The third-order valence-corrected chi connectivity index (χ3v) is 4.69. The summed E-state index contributed by atoms with van der Waals surface area (Å²) in [5, 5.41) is 2.99. The van der Waals surface area contributed by atoms with Crippen molar-refractivity contribution in [3.63, 3.8) is 0 Å². The van der Waals surface area contributed by atoms with Crippen LogP contribution in [0, 0.1) is 17.8 Å². The molecule has 1 heterocycles. The van der Waals surface area contributed by atoms with Crippen molar-refractivity contribution < 1.29 is 4.79 Å². The van der Waals surface area contributed by atoms with E-state index >= 15 is 0 Å². The highest BCUT2D eigenvalue weighted by atomic mass is 32.1. The maximum Gasteiger partial charge on any atom is 0.220 e. The molecule has 4 heteroatoms. The summed E-state index contributed by atoms with van der Waals surface area (Å²) in [7, 11) is 0. The highest BCUT2D eigenvalue weighted by Crippen LogP contribution is 2.28. The molecule has 1 aliphatic carbocycles. The number of nitrogens with two attached hydrogens (primary N) is 1. The SMILES string of the molecule is NCC#Cc1ccc(CNC(=O)CCC2CCCC2)s1. The van der Waals surface area contributed by atoms with Crippen molar-refractivity contribution in [3.05, 3.63) is 21.9 Å². The Hall–Kier alpha value is -1.31. The van der Waals surface area contributed by atoms with E-state index in [2.05, 4.69) is 17.2 Å². The van der Waals surface area contributed by atoms with E-state index in [1.807, 2.05) is 12.1 Å². The molecule has 0 aromatic carbocycles. The van der Waals surface area contributed by atoms with Crippen LogP contribution in [0.5, 0.6) is 0 Å². The topological polar surface area (TPSA) is 55.1 Å². The van der Waals surface area contributed by atoms with E-state index in [1.165, 1.54) is 25.7 Å². The number of hydrogen-bond donors (Lipinski definition) is 2. The summed E-state index contributed by atoms with van der Waals surface area (Å²) >= 11 is 1.61. The van der Waals surface area contributed by atoms with Crippen molar-refractivity contribution in [1.82, 2.24) is 5.32 Å². The Bertz CT molecular complexity index is 492.